The molecule has 0 spiro atoms. The Labute approximate surface area is 93.5 Å². The van der Waals surface area contributed by atoms with Crippen molar-refractivity contribution >= 4 is 10.0 Å². The van der Waals surface area contributed by atoms with Crippen LogP contribution in [0.25, 0.3) is 0 Å². The molecule has 0 saturated heterocycles. The summed E-state index contributed by atoms with van der Waals surface area (Å²) < 4.78 is 24.2. The summed E-state index contributed by atoms with van der Waals surface area (Å²) in [6.07, 6.45) is 3.80. The summed E-state index contributed by atoms with van der Waals surface area (Å²) in [5, 5.41) is 1.34. The van der Waals surface area contributed by atoms with Crippen LogP contribution in [0.15, 0.2) is 22.6 Å². The molecule has 0 aromatic heterocycles. The first-order valence-electron chi connectivity index (χ1n) is 4.99. The van der Waals surface area contributed by atoms with E-state index in [1.54, 1.807) is 0 Å². The lowest BCUT2D eigenvalue weighted by Crippen LogP contribution is -2.19. The molecule has 4 heteroatoms. The lowest BCUT2D eigenvalue weighted by molar-refractivity contribution is 0.530. The van der Waals surface area contributed by atoms with Crippen molar-refractivity contribution in [3.8, 4) is 0 Å². The fourth-order valence-corrected chi connectivity index (χ4v) is 1.84. The Balaban J connectivity index is 4.40. The monoisotopic (exact) mass is 231 g/mol. The molecule has 0 heterocycles. The van der Waals surface area contributed by atoms with Gasteiger partial charge in [-0.1, -0.05) is 17.2 Å². The molecule has 0 radical (unpaired) electrons. The van der Waals surface area contributed by atoms with E-state index in [0.717, 1.165) is 18.4 Å². The van der Waals surface area contributed by atoms with Gasteiger partial charge in [-0.25, -0.2) is 12.7 Å². The molecule has 0 aromatic carbocycles. The smallest absolute Gasteiger partial charge is 0.208 e. The van der Waals surface area contributed by atoms with E-state index in [-0.39, 0.29) is 0 Å². The topological polar surface area (TPSA) is 37.4 Å². The predicted molar refractivity (Wildman–Crippen MR) is 65.0 cm³/mol. The van der Waals surface area contributed by atoms with Gasteiger partial charge in [0.05, 0.1) is 0 Å². The van der Waals surface area contributed by atoms with Gasteiger partial charge in [0.25, 0.3) is 0 Å². The molecule has 15 heavy (non-hydrogen) atoms. The molecular weight excluding hydrogens is 210 g/mol. The van der Waals surface area contributed by atoms with Crippen LogP contribution in [-0.2, 0) is 10.0 Å². The highest BCUT2D eigenvalue weighted by molar-refractivity contribution is 7.92. The molecule has 0 aliphatic rings. The Bertz CT molecular complexity index is 347. The van der Waals surface area contributed by atoms with Gasteiger partial charge in [-0.05, 0) is 33.6 Å². The largest absolute Gasteiger partial charge is 0.235 e. The standard InChI is InChI=1S/C11H21NO2S/c1-10(2)7-6-8-11(3)9-15(13,14)12(4)5/h7,9H,6,8H2,1-5H3/b11-9-. The van der Waals surface area contributed by atoms with Crippen molar-refractivity contribution in [2.45, 2.75) is 33.6 Å². The summed E-state index contributed by atoms with van der Waals surface area (Å²) in [5.74, 6) is 0. The third-order valence-corrected chi connectivity index (χ3v) is 3.67. The van der Waals surface area contributed by atoms with Crippen LogP contribution in [0.4, 0.5) is 0 Å². The van der Waals surface area contributed by atoms with Gasteiger partial charge >= 0.3 is 0 Å². The summed E-state index contributed by atoms with van der Waals surface area (Å²) in [4.78, 5) is 0. The second-order valence-corrected chi connectivity index (χ2v) is 6.11. The molecule has 0 N–H and O–H groups in total. The van der Waals surface area contributed by atoms with Crippen molar-refractivity contribution in [3.05, 3.63) is 22.6 Å². The fourth-order valence-electron chi connectivity index (χ4n) is 1.01. The second kappa shape index (κ2) is 6.08. The Hall–Kier alpha value is -0.610. The van der Waals surface area contributed by atoms with Crippen LogP contribution in [0.3, 0.4) is 0 Å². The second-order valence-electron chi connectivity index (χ2n) is 4.11. The van der Waals surface area contributed by atoms with Crippen molar-refractivity contribution in [1.29, 1.82) is 0 Å². The summed E-state index contributed by atoms with van der Waals surface area (Å²) >= 11 is 0. The SMILES string of the molecule is CC(C)=CCC/C(C)=C\S(=O)(=O)N(C)C. The lowest BCUT2D eigenvalue weighted by Gasteiger charge is -2.08. The zero-order valence-electron chi connectivity index (χ0n) is 10.2. The molecule has 0 saturated carbocycles. The van der Waals surface area contributed by atoms with E-state index >= 15 is 0 Å². The van der Waals surface area contributed by atoms with E-state index in [1.165, 1.54) is 29.4 Å². The zero-order chi connectivity index (χ0) is 12.1. The molecule has 0 amide bonds. The van der Waals surface area contributed by atoms with Crippen molar-refractivity contribution in [3.63, 3.8) is 0 Å². The van der Waals surface area contributed by atoms with Gasteiger partial charge in [0, 0.05) is 19.5 Å². The number of allylic oxidation sites excluding steroid dienone is 3. The van der Waals surface area contributed by atoms with Crippen LogP contribution in [0.2, 0.25) is 0 Å². The first-order valence-corrected chi connectivity index (χ1v) is 6.49. The summed E-state index contributed by atoms with van der Waals surface area (Å²) in [6.45, 7) is 5.92. The third kappa shape index (κ3) is 6.47. The van der Waals surface area contributed by atoms with Crippen LogP contribution in [0, 0.1) is 0 Å². The number of hydrogen-bond acceptors (Lipinski definition) is 2. The zero-order valence-corrected chi connectivity index (χ0v) is 11.1. The highest BCUT2D eigenvalue weighted by atomic mass is 32.2. The van der Waals surface area contributed by atoms with Crippen LogP contribution in [-0.4, -0.2) is 26.8 Å². The quantitative estimate of drug-likeness (QED) is 0.682. The fraction of sp³-hybridized carbons (Fsp3) is 0.636. The number of nitrogens with zero attached hydrogens (tertiary/aromatic N) is 1. The van der Waals surface area contributed by atoms with Gasteiger partial charge in [0.2, 0.25) is 10.0 Å². The molecule has 3 nitrogen and oxygen atoms in total. The van der Waals surface area contributed by atoms with Gasteiger partial charge in [-0.15, -0.1) is 0 Å². The first-order chi connectivity index (χ1) is 6.75. The summed E-state index contributed by atoms with van der Waals surface area (Å²) in [5.41, 5.74) is 2.15. The Morgan fingerprint density at radius 1 is 1.20 bits per heavy atom. The van der Waals surface area contributed by atoms with Crippen molar-refractivity contribution in [2.75, 3.05) is 14.1 Å². The molecule has 0 aliphatic heterocycles. The normalized spacial score (nSPS) is 13.1. The molecule has 0 unspecified atom stereocenters. The van der Waals surface area contributed by atoms with Crippen molar-refractivity contribution in [1.82, 2.24) is 4.31 Å². The summed E-state index contributed by atoms with van der Waals surface area (Å²) in [6, 6.07) is 0. The number of sulfonamides is 1. The van der Waals surface area contributed by atoms with Gasteiger partial charge in [-0.2, -0.15) is 0 Å². The van der Waals surface area contributed by atoms with Crippen LogP contribution >= 0.6 is 0 Å². The van der Waals surface area contributed by atoms with E-state index in [0.29, 0.717) is 0 Å². The van der Waals surface area contributed by atoms with E-state index in [2.05, 4.69) is 6.08 Å². The minimum Gasteiger partial charge on any atom is -0.208 e. The van der Waals surface area contributed by atoms with Crippen LogP contribution in [0.5, 0.6) is 0 Å². The van der Waals surface area contributed by atoms with Crippen LogP contribution in [0.1, 0.15) is 33.6 Å². The molecule has 0 rings (SSSR count). The molecule has 0 bridgehead atoms. The maximum Gasteiger partial charge on any atom is 0.235 e. The Morgan fingerprint density at radius 3 is 2.13 bits per heavy atom. The first kappa shape index (κ1) is 14.4. The maximum absolute atomic E-state index is 11.5. The average Bonchev–Trinajstić information content (AvgIpc) is 2.01. The maximum atomic E-state index is 11.5. The highest BCUT2D eigenvalue weighted by Crippen LogP contribution is 2.09. The molecule has 0 fully saturated rings. The molecule has 0 aliphatic carbocycles. The van der Waals surface area contributed by atoms with Crippen LogP contribution < -0.4 is 0 Å². The van der Waals surface area contributed by atoms with E-state index in [1.807, 2.05) is 20.8 Å². The molecule has 0 atom stereocenters. The number of hydrogen-bond donors (Lipinski definition) is 0. The van der Waals surface area contributed by atoms with Gasteiger partial charge in [-0.3, -0.25) is 0 Å². The van der Waals surface area contributed by atoms with Crippen molar-refractivity contribution in [2.24, 2.45) is 0 Å². The minimum absolute atomic E-state index is 0.790. The molecule has 88 valence electrons. The average molecular weight is 231 g/mol. The van der Waals surface area contributed by atoms with Gasteiger partial charge in [0.1, 0.15) is 0 Å². The third-order valence-electron chi connectivity index (χ3n) is 1.95. The van der Waals surface area contributed by atoms with E-state index in [9.17, 15) is 8.42 Å². The molecule has 0 aromatic rings. The summed E-state index contributed by atoms with van der Waals surface area (Å²) in [7, 11) is -0.124. The van der Waals surface area contributed by atoms with Gasteiger partial charge < -0.3 is 0 Å². The van der Waals surface area contributed by atoms with Crippen molar-refractivity contribution < 1.29 is 8.42 Å². The van der Waals surface area contributed by atoms with E-state index in [4.69, 9.17) is 0 Å². The molecular formula is C11H21NO2S. The predicted octanol–water partition coefficient (Wildman–Crippen LogP) is 2.53. The van der Waals surface area contributed by atoms with Gasteiger partial charge in [0.15, 0.2) is 0 Å². The minimum atomic E-state index is -3.20. The number of rotatable bonds is 5. The Kier molecular flexibility index (Phi) is 5.83. The Morgan fingerprint density at radius 2 is 1.73 bits per heavy atom. The van der Waals surface area contributed by atoms with E-state index < -0.39 is 10.0 Å². The lowest BCUT2D eigenvalue weighted by atomic mass is 10.1. The highest BCUT2D eigenvalue weighted by Gasteiger charge is 2.09.